The maximum Gasteiger partial charge on any atom is 0.433 e. The number of aromatic nitrogens is 7. The predicted octanol–water partition coefficient (Wildman–Crippen LogP) is 8.38. The Balaban J connectivity index is 0.000000179. The molecule has 1 aliphatic heterocycles. The normalized spacial score (nSPS) is 12.5. The van der Waals surface area contributed by atoms with Crippen LogP contribution in [0.25, 0.3) is 33.1 Å². The molecule has 6 aromatic heterocycles. The Morgan fingerprint density at radius 1 is 0.889 bits per heavy atom. The van der Waals surface area contributed by atoms with E-state index in [9.17, 15) is 35.9 Å². The Morgan fingerprint density at radius 3 is 2.30 bits per heavy atom. The van der Waals surface area contributed by atoms with Crippen molar-refractivity contribution in [3.05, 3.63) is 105 Å². The van der Waals surface area contributed by atoms with Gasteiger partial charge in [0, 0.05) is 17.8 Å². The van der Waals surface area contributed by atoms with Gasteiger partial charge >= 0.3 is 18.3 Å². The highest BCUT2D eigenvalue weighted by molar-refractivity contribution is 9.10. The lowest BCUT2D eigenvalue weighted by molar-refractivity contribution is -0.143. The highest BCUT2D eigenvalue weighted by Gasteiger charge is 2.37. The molecule has 7 aromatic rings. The van der Waals surface area contributed by atoms with Crippen LogP contribution < -0.4 is 14.8 Å². The summed E-state index contributed by atoms with van der Waals surface area (Å²) in [6.07, 6.45) is -8.02. The molecule has 1 amide bonds. The van der Waals surface area contributed by atoms with Gasteiger partial charge in [0.25, 0.3) is 5.91 Å². The van der Waals surface area contributed by atoms with Gasteiger partial charge < -0.3 is 19.9 Å². The first-order valence-electron chi connectivity index (χ1n) is 14.8. The quantitative estimate of drug-likeness (QED) is 0.127. The van der Waals surface area contributed by atoms with E-state index in [0.717, 1.165) is 18.2 Å². The lowest BCUT2D eigenvalue weighted by Crippen LogP contribution is -2.16. The van der Waals surface area contributed by atoms with Gasteiger partial charge in [0.05, 0.1) is 26.4 Å². The number of carbonyl (C=O) groups excluding carboxylic acids is 1. The van der Waals surface area contributed by atoms with Crippen LogP contribution in [-0.4, -0.2) is 58.0 Å². The highest BCUT2D eigenvalue weighted by Crippen LogP contribution is 2.38. The fourth-order valence-electron chi connectivity index (χ4n) is 5.04. The smallest absolute Gasteiger partial charge is 0.433 e. The molecule has 1 aromatic carbocycles. The Bertz CT molecular complexity index is 2600. The third-order valence-electron chi connectivity index (χ3n) is 7.43. The van der Waals surface area contributed by atoms with Crippen LogP contribution in [0.3, 0.4) is 0 Å². The summed E-state index contributed by atoms with van der Waals surface area (Å²) in [5.41, 5.74) is -2.61. The van der Waals surface area contributed by atoms with E-state index in [2.05, 4.69) is 46.4 Å². The molecule has 7 heterocycles. The first-order valence-corrected chi connectivity index (χ1v) is 16.9. The first kappa shape index (κ1) is 36.6. The predicted molar refractivity (Wildman–Crippen MR) is 183 cm³/mol. The van der Waals surface area contributed by atoms with Crippen LogP contribution in [0.4, 0.5) is 32.0 Å². The molecular formula is C32H16BrClF6N8O5S. The number of alkyl halides is 6. The molecule has 1 aliphatic rings. The van der Waals surface area contributed by atoms with Gasteiger partial charge in [0.2, 0.25) is 6.79 Å². The van der Waals surface area contributed by atoms with Crippen molar-refractivity contribution in [2.24, 2.45) is 0 Å². The number of ether oxygens (including phenoxy) is 2. The molecule has 0 fully saturated rings. The number of pyridine rings is 1. The number of fused-ring (bicyclic) bond motifs is 3. The summed E-state index contributed by atoms with van der Waals surface area (Å²) in [7, 11) is 0. The van der Waals surface area contributed by atoms with E-state index in [-0.39, 0.29) is 50.5 Å². The van der Waals surface area contributed by atoms with Gasteiger partial charge in [-0.05, 0) is 69.8 Å². The summed E-state index contributed by atoms with van der Waals surface area (Å²) >= 11 is 10.1. The van der Waals surface area contributed by atoms with Gasteiger partial charge in [-0.15, -0.1) is 11.3 Å². The fourth-order valence-corrected chi connectivity index (χ4v) is 6.40. The van der Waals surface area contributed by atoms with Crippen LogP contribution in [0.15, 0.2) is 76.7 Å². The number of thiophene rings is 1. The minimum absolute atomic E-state index is 0.0289. The zero-order valence-corrected chi connectivity index (χ0v) is 29.4. The zero-order valence-electron chi connectivity index (χ0n) is 26.3. The summed E-state index contributed by atoms with van der Waals surface area (Å²) < 4.78 is 92.5. The second-order valence-electron chi connectivity index (χ2n) is 10.9. The van der Waals surface area contributed by atoms with Crippen molar-refractivity contribution >= 4 is 67.7 Å². The molecule has 0 saturated carbocycles. The lowest BCUT2D eigenvalue weighted by Gasteiger charge is -2.11. The van der Waals surface area contributed by atoms with E-state index in [0.29, 0.717) is 31.0 Å². The van der Waals surface area contributed by atoms with Crippen LogP contribution in [0, 0.1) is 0 Å². The second kappa shape index (κ2) is 13.9. The number of benzene rings is 1. The molecule has 54 heavy (non-hydrogen) atoms. The van der Waals surface area contributed by atoms with E-state index in [1.807, 2.05) is 0 Å². The van der Waals surface area contributed by atoms with Gasteiger partial charge in [0.15, 0.2) is 50.7 Å². The Hall–Kier alpha value is -5.80. The van der Waals surface area contributed by atoms with Crippen LogP contribution >= 0.6 is 38.9 Å². The van der Waals surface area contributed by atoms with E-state index in [1.165, 1.54) is 29.7 Å². The number of carboxylic acid groups (broad SMARTS) is 1. The van der Waals surface area contributed by atoms with E-state index >= 15 is 0 Å². The van der Waals surface area contributed by atoms with Gasteiger partial charge in [0.1, 0.15) is 0 Å². The number of hydrogen-bond acceptors (Lipinski definition) is 10. The molecule has 13 nitrogen and oxygen atoms in total. The number of aromatic carboxylic acids is 1. The summed E-state index contributed by atoms with van der Waals surface area (Å²) in [6.45, 7) is 0.0289. The average molecular weight is 854 g/mol. The Morgan fingerprint density at radius 2 is 1.61 bits per heavy atom. The van der Waals surface area contributed by atoms with Crippen LogP contribution in [0.5, 0.6) is 11.5 Å². The topological polar surface area (TPSA) is 158 Å². The molecule has 0 unspecified atom stereocenters. The molecule has 0 aliphatic carbocycles. The monoisotopic (exact) mass is 852 g/mol. The van der Waals surface area contributed by atoms with E-state index in [1.54, 1.807) is 35.7 Å². The van der Waals surface area contributed by atoms with Crippen molar-refractivity contribution in [3.8, 4) is 33.3 Å². The fraction of sp³-hybridized carbons (Fsp3) is 0.0938. The zero-order chi connectivity index (χ0) is 38.5. The largest absolute Gasteiger partial charge is 0.476 e. The van der Waals surface area contributed by atoms with Crippen molar-refractivity contribution in [1.29, 1.82) is 0 Å². The molecular weight excluding hydrogens is 838 g/mol. The summed E-state index contributed by atoms with van der Waals surface area (Å²) in [5, 5.41) is 20.5. The van der Waals surface area contributed by atoms with Crippen LogP contribution in [0.1, 0.15) is 32.4 Å². The number of halogens is 8. The van der Waals surface area contributed by atoms with Crippen molar-refractivity contribution < 1.29 is 50.5 Å². The molecule has 0 saturated heterocycles. The second-order valence-corrected chi connectivity index (χ2v) is 13.0. The number of amides is 1. The summed E-state index contributed by atoms with van der Waals surface area (Å²) in [5.74, 6) is -1.31. The first-order chi connectivity index (χ1) is 25.6. The maximum absolute atomic E-state index is 13.8. The average Bonchev–Trinajstić information content (AvgIpc) is 3.94. The van der Waals surface area contributed by atoms with Gasteiger partial charge in [-0.3, -0.25) is 4.79 Å². The summed E-state index contributed by atoms with van der Waals surface area (Å²) in [4.78, 5) is 36.3. The number of carbonyl (C=O) groups is 2. The molecule has 0 atom stereocenters. The molecule has 0 bridgehead atoms. The number of rotatable bonds is 5. The minimum Gasteiger partial charge on any atom is -0.476 e. The molecule has 8 rings (SSSR count). The van der Waals surface area contributed by atoms with Crippen molar-refractivity contribution in [1.82, 2.24) is 34.2 Å². The third-order valence-corrected chi connectivity index (χ3v) is 9.35. The van der Waals surface area contributed by atoms with Crippen molar-refractivity contribution in [3.63, 3.8) is 0 Å². The molecule has 2 N–H and O–H groups in total. The molecule has 276 valence electrons. The van der Waals surface area contributed by atoms with Gasteiger partial charge in [-0.25, -0.2) is 28.8 Å². The molecule has 0 spiro atoms. The van der Waals surface area contributed by atoms with Gasteiger partial charge in [-0.2, -0.15) is 36.5 Å². The number of carboxylic acids is 1. The van der Waals surface area contributed by atoms with Crippen molar-refractivity contribution in [2.75, 3.05) is 12.1 Å². The van der Waals surface area contributed by atoms with Crippen molar-refractivity contribution in [2.45, 2.75) is 12.4 Å². The summed E-state index contributed by atoms with van der Waals surface area (Å²) in [6, 6.07) is 13.9. The Kier molecular flexibility index (Phi) is 9.39. The number of nitrogens with one attached hydrogen (secondary N) is 1. The molecule has 0 radical (unpaired) electrons. The Labute approximate surface area is 313 Å². The van der Waals surface area contributed by atoms with E-state index in [4.69, 9.17) is 26.2 Å². The van der Waals surface area contributed by atoms with Gasteiger partial charge in [-0.1, -0.05) is 17.7 Å². The standard InChI is InChI=1S/C20H11ClF3N5O3.C12H5BrF3N3O2S/c21-18-11(2-1-5-25-18)27-19(30)13-8-17-26-12(7-16(20(22,23)24)29(17)28-13)10-3-4-14-15(6-10)32-9-31-14;13-8-9(11(20)21)18-19-7(12(14,15)16)4-5(17-10(8)19)6-2-1-3-22-6/h1-8H,9H2,(H,27,30);1-4H,(H,20,21). The number of hydrogen-bond donors (Lipinski definition) is 2. The third kappa shape index (κ3) is 7.11. The lowest BCUT2D eigenvalue weighted by atomic mass is 10.1. The van der Waals surface area contributed by atoms with Crippen LogP contribution in [-0.2, 0) is 12.4 Å². The number of anilines is 1. The minimum atomic E-state index is -4.75. The number of nitrogens with zero attached hydrogens (tertiary/aromatic N) is 7. The highest BCUT2D eigenvalue weighted by atomic mass is 79.9. The maximum atomic E-state index is 13.8. The van der Waals surface area contributed by atoms with E-state index < -0.39 is 41.3 Å². The SMILES string of the molecule is O=C(Nc1cccnc1Cl)c1cc2nc(-c3ccc4c(c3)OCO4)cc(C(F)(F)F)n2n1.O=C(O)c1nn2c(C(F)(F)F)cc(-c3cccs3)nc2c1Br. The van der Waals surface area contributed by atoms with Crippen LogP contribution in [0.2, 0.25) is 5.15 Å². The molecule has 22 heteroatoms.